The molecule has 1 aliphatic heterocycles. The Labute approximate surface area is 105 Å². The molecule has 0 saturated carbocycles. The second-order valence-electron chi connectivity index (χ2n) is 4.17. The predicted octanol–water partition coefficient (Wildman–Crippen LogP) is -0.233. The zero-order valence-electron chi connectivity index (χ0n) is 10.0. The number of carbonyl (C=O) groups excluding carboxylic acids is 1. The van der Waals surface area contributed by atoms with Crippen LogP contribution in [0.5, 0.6) is 0 Å². The lowest BCUT2D eigenvalue weighted by Crippen LogP contribution is -2.35. The minimum atomic E-state index is -3.81. The number of ketones is 1. The fourth-order valence-electron chi connectivity index (χ4n) is 2.01. The van der Waals surface area contributed by atoms with Crippen LogP contribution >= 0.6 is 0 Å². The van der Waals surface area contributed by atoms with Crippen molar-refractivity contribution in [3.8, 4) is 0 Å². The van der Waals surface area contributed by atoms with E-state index in [1.165, 1.54) is 17.4 Å². The summed E-state index contributed by atoms with van der Waals surface area (Å²) in [5, 5.41) is 9.16. The van der Waals surface area contributed by atoms with E-state index in [1.54, 1.807) is 0 Å². The fourth-order valence-corrected chi connectivity index (χ4v) is 3.75. The Bertz CT molecular complexity index is 558. The highest BCUT2D eigenvalue weighted by Gasteiger charge is 2.31. The number of rotatable bonds is 4. The van der Waals surface area contributed by atoms with Gasteiger partial charge in [-0.2, -0.15) is 12.7 Å². The number of aliphatic hydroxyl groups excluding tert-OH is 1. The predicted molar refractivity (Wildman–Crippen MR) is 63.3 cm³/mol. The number of aromatic nitrogens is 2. The van der Waals surface area contributed by atoms with Crippen LogP contribution in [0.1, 0.15) is 36.1 Å². The number of hydrogen-bond donors (Lipinski definition) is 1. The highest BCUT2D eigenvalue weighted by Crippen LogP contribution is 2.19. The molecule has 1 aromatic rings. The third kappa shape index (κ3) is 2.06. The van der Waals surface area contributed by atoms with Gasteiger partial charge in [-0.1, -0.05) is 0 Å². The second-order valence-corrected chi connectivity index (χ2v) is 5.94. The Morgan fingerprint density at radius 2 is 2.06 bits per heavy atom. The maximum absolute atomic E-state index is 12.4. The van der Waals surface area contributed by atoms with Crippen LogP contribution < -0.4 is 0 Å². The monoisotopic (exact) mass is 273 g/mol. The highest BCUT2D eigenvalue weighted by molar-refractivity contribution is 7.87. The molecule has 0 spiro atoms. The third-order valence-electron chi connectivity index (χ3n) is 2.89. The Morgan fingerprint density at radius 3 is 2.56 bits per heavy atom. The Kier molecular flexibility index (Phi) is 3.51. The van der Waals surface area contributed by atoms with E-state index in [-0.39, 0.29) is 11.5 Å². The SMILES string of the molecule is CC(=O)c1ncc(CO)n1S(=O)(=O)N1CCCC1. The molecule has 0 radical (unpaired) electrons. The average Bonchev–Trinajstić information content (AvgIpc) is 2.98. The number of carbonyl (C=O) groups is 1. The first kappa shape index (κ1) is 13.2. The molecule has 1 saturated heterocycles. The summed E-state index contributed by atoms with van der Waals surface area (Å²) in [6, 6.07) is 0. The average molecular weight is 273 g/mol. The van der Waals surface area contributed by atoms with Gasteiger partial charge in [-0.25, -0.2) is 8.96 Å². The smallest absolute Gasteiger partial charge is 0.309 e. The summed E-state index contributed by atoms with van der Waals surface area (Å²) in [4.78, 5) is 15.2. The number of Topliss-reactive ketones (excluding diaryl/α,β-unsaturated/α-hetero) is 1. The van der Waals surface area contributed by atoms with Gasteiger partial charge in [0.05, 0.1) is 18.5 Å². The van der Waals surface area contributed by atoms with E-state index in [1.807, 2.05) is 0 Å². The first-order valence-electron chi connectivity index (χ1n) is 5.67. The lowest BCUT2D eigenvalue weighted by molar-refractivity contribution is 0.100. The molecule has 0 atom stereocenters. The van der Waals surface area contributed by atoms with Crippen molar-refractivity contribution in [2.24, 2.45) is 0 Å². The molecule has 1 fully saturated rings. The first-order valence-corrected chi connectivity index (χ1v) is 7.07. The summed E-state index contributed by atoms with van der Waals surface area (Å²) in [6.45, 7) is 1.64. The summed E-state index contributed by atoms with van der Waals surface area (Å²) in [7, 11) is -3.81. The van der Waals surface area contributed by atoms with Crippen molar-refractivity contribution in [3.63, 3.8) is 0 Å². The summed E-state index contributed by atoms with van der Waals surface area (Å²) < 4.78 is 26.9. The Morgan fingerprint density at radius 1 is 1.44 bits per heavy atom. The van der Waals surface area contributed by atoms with Crippen molar-refractivity contribution in [2.75, 3.05) is 13.1 Å². The van der Waals surface area contributed by atoms with Crippen LogP contribution in [-0.4, -0.2) is 45.7 Å². The van der Waals surface area contributed by atoms with Crippen LogP contribution in [-0.2, 0) is 16.8 Å². The molecular formula is C10H15N3O4S. The van der Waals surface area contributed by atoms with Crippen LogP contribution in [0.25, 0.3) is 0 Å². The summed E-state index contributed by atoms with van der Waals surface area (Å²) in [5.41, 5.74) is 0.104. The van der Waals surface area contributed by atoms with Gasteiger partial charge in [0, 0.05) is 20.0 Å². The molecule has 7 nitrogen and oxygen atoms in total. The lowest BCUT2D eigenvalue weighted by Gasteiger charge is -2.18. The summed E-state index contributed by atoms with van der Waals surface area (Å²) >= 11 is 0. The molecule has 0 aliphatic carbocycles. The van der Waals surface area contributed by atoms with Crippen molar-refractivity contribution < 1.29 is 18.3 Å². The van der Waals surface area contributed by atoms with Crippen molar-refractivity contribution in [1.29, 1.82) is 0 Å². The molecule has 0 unspecified atom stereocenters. The van der Waals surface area contributed by atoms with E-state index in [0.717, 1.165) is 16.8 Å². The zero-order chi connectivity index (χ0) is 13.3. The standard InChI is InChI=1S/C10H15N3O4S/c1-8(15)10-11-6-9(7-14)13(10)18(16,17)12-4-2-3-5-12/h6,14H,2-5,7H2,1H3. The van der Waals surface area contributed by atoms with Crippen LogP contribution in [0.2, 0.25) is 0 Å². The number of aliphatic hydroxyl groups is 1. The van der Waals surface area contributed by atoms with Crippen LogP contribution in [0.15, 0.2) is 6.20 Å². The Hall–Kier alpha value is -1.25. The zero-order valence-corrected chi connectivity index (χ0v) is 10.9. The van der Waals surface area contributed by atoms with Crippen molar-refractivity contribution >= 4 is 16.0 Å². The largest absolute Gasteiger partial charge is 0.390 e. The number of hydrogen-bond acceptors (Lipinski definition) is 5. The van der Waals surface area contributed by atoms with E-state index in [0.29, 0.717) is 13.1 Å². The second kappa shape index (κ2) is 4.79. The van der Waals surface area contributed by atoms with Gasteiger partial charge < -0.3 is 5.11 Å². The van der Waals surface area contributed by atoms with Gasteiger partial charge in [-0.15, -0.1) is 0 Å². The molecule has 1 aliphatic rings. The van der Waals surface area contributed by atoms with E-state index in [9.17, 15) is 13.2 Å². The molecular weight excluding hydrogens is 258 g/mol. The minimum Gasteiger partial charge on any atom is -0.390 e. The van der Waals surface area contributed by atoms with Crippen molar-refractivity contribution in [1.82, 2.24) is 13.3 Å². The van der Waals surface area contributed by atoms with Crippen molar-refractivity contribution in [2.45, 2.75) is 26.4 Å². The summed E-state index contributed by atoms with van der Waals surface area (Å²) in [5.74, 6) is -0.608. The van der Waals surface area contributed by atoms with Gasteiger partial charge in [0.2, 0.25) is 0 Å². The third-order valence-corrected chi connectivity index (χ3v) is 4.77. The minimum absolute atomic E-state index is 0.104. The van der Waals surface area contributed by atoms with Gasteiger partial charge in [-0.05, 0) is 12.8 Å². The van der Waals surface area contributed by atoms with Crippen LogP contribution in [0.4, 0.5) is 0 Å². The van der Waals surface area contributed by atoms with E-state index < -0.39 is 22.6 Å². The van der Waals surface area contributed by atoms with Gasteiger partial charge in [0.1, 0.15) is 0 Å². The van der Waals surface area contributed by atoms with Crippen LogP contribution in [0, 0.1) is 0 Å². The highest BCUT2D eigenvalue weighted by atomic mass is 32.2. The first-order chi connectivity index (χ1) is 8.48. The fraction of sp³-hybridized carbons (Fsp3) is 0.600. The Balaban J connectivity index is 2.54. The molecule has 0 amide bonds. The topological polar surface area (TPSA) is 92.5 Å². The molecule has 100 valence electrons. The number of imidazole rings is 1. The maximum atomic E-state index is 12.4. The number of nitrogens with zero attached hydrogens (tertiary/aromatic N) is 3. The van der Waals surface area contributed by atoms with Crippen molar-refractivity contribution in [3.05, 3.63) is 17.7 Å². The van der Waals surface area contributed by atoms with Crippen LogP contribution in [0.3, 0.4) is 0 Å². The molecule has 0 aromatic carbocycles. The van der Waals surface area contributed by atoms with Gasteiger partial charge in [0.15, 0.2) is 11.6 Å². The molecule has 1 N–H and O–H groups in total. The molecule has 1 aromatic heterocycles. The van der Waals surface area contributed by atoms with Gasteiger partial charge in [0.25, 0.3) is 0 Å². The van der Waals surface area contributed by atoms with E-state index in [4.69, 9.17) is 5.11 Å². The lowest BCUT2D eigenvalue weighted by atomic mass is 10.4. The van der Waals surface area contributed by atoms with Gasteiger partial charge >= 0.3 is 10.2 Å². The van der Waals surface area contributed by atoms with Gasteiger partial charge in [-0.3, -0.25) is 4.79 Å². The normalized spacial score (nSPS) is 17.2. The quantitative estimate of drug-likeness (QED) is 0.765. The molecule has 2 heterocycles. The molecule has 0 bridgehead atoms. The maximum Gasteiger partial charge on any atom is 0.309 e. The molecule has 18 heavy (non-hydrogen) atoms. The molecule has 2 rings (SSSR count). The van der Waals surface area contributed by atoms with E-state index in [2.05, 4.69) is 4.98 Å². The van der Waals surface area contributed by atoms with E-state index >= 15 is 0 Å². The summed E-state index contributed by atoms with van der Waals surface area (Å²) in [6.07, 6.45) is 2.82. The molecule has 8 heteroatoms.